The van der Waals surface area contributed by atoms with Crippen molar-refractivity contribution in [3.8, 4) is 17.0 Å². The molecule has 0 saturated carbocycles. The molecule has 3 aromatic rings. The third-order valence-corrected chi connectivity index (χ3v) is 3.30. The van der Waals surface area contributed by atoms with Gasteiger partial charge in [-0.25, -0.2) is 14.3 Å². The summed E-state index contributed by atoms with van der Waals surface area (Å²) >= 11 is 0. The van der Waals surface area contributed by atoms with E-state index < -0.39 is 10.9 Å². The summed E-state index contributed by atoms with van der Waals surface area (Å²) in [4.78, 5) is 25.7. The minimum Gasteiger partial charge on any atom is -0.496 e. The number of rotatable bonds is 4. The van der Waals surface area contributed by atoms with Crippen molar-refractivity contribution in [1.29, 1.82) is 0 Å². The van der Waals surface area contributed by atoms with E-state index >= 15 is 0 Å². The minimum absolute atomic E-state index is 0.0590. The summed E-state index contributed by atoms with van der Waals surface area (Å²) in [5.74, 6) is -0.758. The molecule has 0 spiro atoms. The van der Waals surface area contributed by atoms with E-state index in [1.165, 1.54) is 42.2 Å². The van der Waals surface area contributed by atoms with Gasteiger partial charge in [0, 0.05) is 23.9 Å². The van der Waals surface area contributed by atoms with E-state index in [1.54, 1.807) is 6.07 Å². The highest BCUT2D eigenvalue weighted by molar-refractivity contribution is 5.94. The Morgan fingerprint density at radius 3 is 2.83 bits per heavy atom. The van der Waals surface area contributed by atoms with Crippen molar-refractivity contribution in [3.63, 3.8) is 0 Å². The first kappa shape index (κ1) is 14.4. The molecule has 2 aromatic heterocycles. The number of nitrogens with zero attached hydrogens (tertiary/aromatic N) is 4. The molecule has 0 bridgehead atoms. The van der Waals surface area contributed by atoms with Crippen LogP contribution in [0.15, 0.2) is 36.7 Å². The fourth-order valence-corrected chi connectivity index (χ4v) is 2.26. The molecule has 0 amide bonds. The highest BCUT2D eigenvalue weighted by Crippen LogP contribution is 2.33. The number of methoxy groups -OCH3 is 1. The van der Waals surface area contributed by atoms with Crippen LogP contribution in [0.1, 0.15) is 10.4 Å². The Hall–Kier alpha value is -3.49. The number of aromatic nitrogens is 3. The summed E-state index contributed by atoms with van der Waals surface area (Å²) in [7, 11) is 1.44. The first-order valence-corrected chi connectivity index (χ1v) is 6.41. The number of carboxylic acid groups (broad SMARTS) is 1. The fraction of sp³-hybridized carbons (Fsp3) is 0.0714. The normalized spacial score (nSPS) is 10.7. The zero-order valence-corrected chi connectivity index (χ0v) is 11.8. The number of carboxylic acids is 1. The number of carbonyl (C=O) groups is 1. The Kier molecular flexibility index (Phi) is 3.37. The van der Waals surface area contributed by atoms with Gasteiger partial charge in [-0.1, -0.05) is 0 Å². The molecule has 1 aromatic carbocycles. The number of nitro groups is 1. The average molecular weight is 314 g/mol. The molecule has 23 heavy (non-hydrogen) atoms. The molecule has 0 unspecified atom stereocenters. The molecule has 2 heterocycles. The van der Waals surface area contributed by atoms with Gasteiger partial charge in [0.25, 0.3) is 5.69 Å². The molecule has 0 aliphatic rings. The van der Waals surface area contributed by atoms with Crippen molar-refractivity contribution in [3.05, 3.63) is 52.3 Å². The van der Waals surface area contributed by atoms with E-state index in [0.717, 1.165) is 0 Å². The number of non-ortho nitro benzene ring substituents is 1. The van der Waals surface area contributed by atoms with Crippen molar-refractivity contribution in [2.45, 2.75) is 0 Å². The van der Waals surface area contributed by atoms with Gasteiger partial charge in [0.1, 0.15) is 11.3 Å². The molecule has 0 radical (unpaired) electrons. The molecule has 0 saturated heterocycles. The summed E-state index contributed by atoms with van der Waals surface area (Å²) < 4.78 is 6.55. The standard InChI is InChI=1S/C14H10N4O5/c1-23-12-3-2-8(18(21)22)6-9(12)11-4-5-15-13-10(14(19)20)7-16-17(11)13/h2-7H,1H3,(H,19,20). The van der Waals surface area contributed by atoms with Gasteiger partial charge >= 0.3 is 5.97 Å². The van der Waals surface area contributed by atoms with E-state index in [4.69, 9.17) is 9.84 Å². The third kappa shape index (κ3) is 2.33. The quantitative estimate of drug-likeness (QED) is 0.577. The van der Waals surface area contributed by atoms with Gasteiger partial charge in [-0.05, 0) is 12.1 Å². The number of ether oxygens (including phenoxy) is 1. The number of nitro benzene ring substituents is 1. The van der Waals surface area contributed by atoms with Crippen LogP contribution in [0, 0.1) is 10.1 Å². The van der Waals surface area contributed by atoms with Crippen LogP contribution in [-0.4, -0.2) is 37.7 Å². The minimum atomic E-state index is -1.16. The molecule has 0 atom stereocenters. The fourth-order valence-electron chi connectivity index (χ4n) is 2.26. The average Bonchev–Trinajstić information content (AvgIpc) is 2.98. The molecule has 9 nitrogen and oxygen atoms in total. The van der Waals surface area contributed by atoms with E-state index in [9.17, 15) is 14.9 Å². The van der Waals surface area contributed by atoms with Crippen LogP contribution >= 0.6 is 0 Å². The summed E-state index contributed by atoms with van der Waals surface area (Å²) in [5.41, 5.74) is 0.813. The van der Waals surface area contributed by atoms with Gasteiger partial charge in [0.05, 0.1) is 23.9 Å². The van der Waals surface area contributed by atoms with Crippen LogP contribution in [0.3, 0.4) is 0 Å². The molecule has 9 heteroatoms. The van der Waals surface area contributed by atoms with Crippen molar-refractivity contribution in [2.75, 3.05) is 7.11 Å². The van der Waals surface area contributed by atoms with Crippen LogP contribution in [0.2, 0.25) is 0 Å². The van der Waals surface area contributed by atoms with Crippen LogP contribution in [-0.2, 0) is 0 Å². The molecular formula is C14H10N4O5. The maximum atomic E-state index is 11.2. The van der Waals surface area contributed by atoms with Crippen LogP contribution in [0.5, 0.6) is 5.75 Å². The summed E-state index contributed by atoms with van der Waals surface area (Å²) in [6.07, 6.45) is 2.59. The van der Waals surface area contributed by atoms with Gasteiger partial charge in [0.15, 0.2) is 5.65 Å². The SMILES string of the molecule is COc1ccc([N+](=O)[O-])cc1-c1ccnc2c(C(=O)O)cnn12. The van der Waals surface area contributed by atoms with E-state index in [1.807, 2.05) is 0 Å². The first-order valence-electron chi connectivity index (χ1n) is 6.41. The topological polar surface area (TPSA) is 120 Å². The number of aromatic carboxylic acids is 1. The Labute approximate surface area is 128 Å². The van der Waals surface area contributed by atoms with Gasteiger partial charge in [-0.15, -0.1) is 0 Å². The Morgan fingerprint density at radius 2 is 2.17 bits per heavy atom. The van der Waals surface area contributed by atoms with Crippen LogP contribution in [0.4, 0.5) is 5.69 Å². The number of hydrogen-bond acceptors (Lipinski definition) is 6. The number of fused-ring (bicyclic) bond motifs is 1. The predicted octanol–water partition coefficient (Wildman–Crippen LogP) is 2.01. The number of benzene rings is 1. The summed E-state index contributed by atoms with van der Waals surface area (Å²) in [5, 5.41) is 24.2. The molecule has 3 rings (SSSR count). The second-order valence-corrected chi connectivity index (χ2v) is 4.57. The molecular weight excluding hydrogens is 304 g/mol. The van der Waals surface area contributed by atoms with E-state index in [0.29, 0.717) is 17.0 Å². The lowest BCUT2D eigenvalue weighted by Crippen LogP contribution is -2.01. The predicted molar refractivity (Wildman–Crippen MR) is 78.6 cm³/mol. The van der Waals surface area contributed by atoms with Crippen molar-refractivity contribution in [1.82, 2.24) is 14.6 Å². The van der Waals surface area contributed by atoms with Crippen molar-refractivity contribution < 1.29 is 19.6 Å². The lowest BCUT2D eigenvalue weighted by atomic mass is 10.1. The monoisotopic (exact) mass is 314 g/mol. The highest BCUT2D eigenvalue weighted by Gasteiger charge is 2.19. The molecule has 0 aliphatic heterocycles. The lowest BCUT2D eigenvalue weighted by molar-refractivity contribution is -0.384. The second kappa shape index (κ2) is 5.37. The van der Waals surface area contributed by atoms with Gasteiger partial charge in [-0.2, -0.15) is 5.10 Å². The van der Waals surface area contributed by atoms with E-state index in [2.05, 4.69) is 10.1 Å². The smallest absolute Gasteiger partial charge is 0.341 e. The van der Waals surface area contributed by atoms with Crippen molar-refractivity contribution >= 4 is 17.3 Å². The highest BCUT2D eigenvalue weighted by atomic mass is 16.6. The summed E-state index contributed by atoms with van der Waals surface area (Å²) in [6, 6.07) is 5.72. The van der Waals surface area contributed by atoms with E-state index in [-0.39, 0.29) is 16.9 Å². The number of hydrogen-bond donors (Lipinski definition) is 1. The second-order valence-electron chi connectivity index (χ2n) is 4.57. The van der Waals surface area contributed by atoms with Gasteiger partial charge in [-0.3, -0.25) is 10.1 Å². The molecule has 1 N–H and O–H groups in total. The van der Waals surface area contributed by atoms with Crippen LogP contribution < -0.4 is 4.74 Å². The maximum Gasteiger partial charge on any atom is 0.341 e. The zero-order valence-electron chi connectivity index (χ0n) is 11.8. The summed E-state index contributed by atoms with van der Waals surface area (Å²) in [6.45, 7) is 0. The molecule has 0 aliphatic carbocycles. The van der Waals surface area contributed by atoms with Gasteiger partial charge < -0.3 is 9.84 Å². The molecule has 116 valence electrons. The Bertz CT molecular complexity index is 934. The Morgan fingerprint density at radius 1 is 1.39 bits per heavy atom. The largest absolute Gasteiger partial charge is 0.496 e. The third-order valence-electron chi connectivity index (χ3n) is 3.30. The lowest BCUT2D eigenvalue weighted by Gasteiger charge is -2.09. The Balaban J connectivity index is 2.30. The van der Waals surface area contributed by atoms with Gasteiger partial charge in [0.2, 0.25) is 0 Å². The first-order chi connectivity index (χ1) is 11.0. The van der Waals surface area contributed by atoms with Crippen molar-refractivity contribution in [2.24, 2.45) is 0 Å². The molecule has 0 fully saturated rings. The van der Waals surface area contributed by atoms with Crippen LogP contribution in [0.25, 0.3) is 16.9 Å². The maximum absolute atomic E-state index is 11.2. The zero-order chi connectivity index (χ0) is 16.6.